The second-order valence-corrected chi connectivity index (χ2v) is 7.38. The lowest BCUT2D eigenvalue weighted by atomic mass is 9.82. The van der Waals surface area contributed by atoms with E-state index in [1.165, 1.54) is 11.3 Å². The number of carbonyl (C=O) groups is 3. The molecule has 2 aliphatic rings. The van der Waals surface area contributed by atoms with Crippen LogP contribution >= 0.6 is 11.3 Å². The zero-order valence-corrected chi connectivity index (χ0v) is 14.3. The van der Waals surface area contributed by atoms with Crippen LogP contribution in [0.3, 0.4) is 0 Å². The molecule has 2 aliphatic carbocycles. The number of amides is 2. The largest absolute Gasteiger partial charge is 0.550 e. The number of nitrogens with one attached hydrogen (secondary N) is 2. The predicted octanol–water partition coefficient (Wildman–Crippen LogP) is 0.568. The van der Waals surface area contributed by atoms with Crippen molar-refractivity contribution >= 4 is 29.1 Å². The van der Waals surface area contributed by atoms with Gasteiger partial charge in [0.15, 0.2) is 0 Å². The van der Waals surface area contributed by atoms with Crippen LogP contribution in [-0.2, 0) is 16.0 Å². The molecule has 2 amide bonds. The van der Waals surface area contributed by atoms with Crippen molar-refractivity contribution in [2.75, 3.05) is 0 Å². The molecule has 0 saturated heterocycles. The number of carbonyl (C=O) groups excluding carboxylic acids is 3. The first-order valence-electron chi connectivity index (χ1n) is 8.00. The fraction of sp³-hybridized carbons (Fsp3) is 0.471. The Bertz CT molecular complexity index is 724. The first-order chi connectivity index (χ1) is 11.4. The predicted molar refractivity (Wildman–Crippen MR) is 86.8 cm³/mol. The molecule has 1 saturated carbocycles. The number of aryl methyl sites for hydroxylation is 1. The van der Waals surface area contributed by atoms with Crippen LogP contribution in [0.5, 0.6) is 0 Å². The summed E-state index contributed by atoms with van der Waals surface area (Å²) in [6, 6.07) is 0. The molecule has 1 heterocycles. The van der Waals surface area contributed by atoms with E-state index in [-0.39, 0.29) is 17.7 Å². The number of hydrogen-bond donors (Lipinski definition) is 2. The van der Waals surface area contributed by atoms with Crippen LogP contribution in [0, 0.1) is 30.6 Å². The smallest absolute Gasteiger partial charge is 0.270 e. The lowest BCUT2D eigenvalue weighted by Crippen LogP contribution is -2.50. The standard InChI is InChI=1S/C17H20N2O4S/c1-3-11-8(2)24-7-12(11)15(20)18-19-16(21)13-9-4-5-10(6-9)14(13)17(22)23/h4-5,7,9-10,13-14H,3,6H2,1-2H3,(H,18,20)(H,19,21)(H,22,23)/p-1/t9-,10-,13+,14-/m0/s1. The second-order valence-electron chi connectivity index (χ2n) is 6.30. The third-order valence-electron chi connectivity index (χ3n) is 5.04. The summed E-state index contributed by atoms with van der Waals surface area (Å²) in [5.74, 6) is -3.85. The van der Waals surface area contributed by atoms with Crippen LogP contribution in [0.1, 0.15) is 34.1 Å². The minimum absolute atomic E-state index is 0.107. The van der Waals surface area contributed by atoms with Gasteiger partial charge in [-0.05, 0) is 37.2 Å². The fourth-order valence-corrected chi connectivity index (χ4v) is 4.82. The summed E-state index contributed by atoms with van der Waals surface area (Å²) >= 11 is 1.49. The number of hydrazine groups is 1. The normalized spacial score (nSPS) is 27.2. The van der Waals surface area contributed by atoms with Crippen LogP contribution in [0.4, 0.5) is 0 Å². The third-order valence-corrected chi connectivity index (χ3v) is 5.99. The maximum atomic E-state index is 12.4. The lowest BCUT2D eigenvalue weighted by Gasteiger charge is -2.27. The van der Waals surface area contributed by atoms with E-state index in [1.807, 2.05) is 26.0 Å². The number of carboxylic acids is 1. The first-order valence-corrected chi connectivity index (χ1v) is 8.88. The Morgan fingerprint density at radius 1 is 1.21 bits per heavy atom. The molecule has 1 fully saturated rings. The van der Waals surface area contributed by atoms with Gasteiger partial charge in [-0.2, -0.15) is 0 Å². The summed E-state index contributed by atoms with van der Waals surface area (Å²) in [5.41, 5.74) is 6.31. The van der Waals surface area contributed by atoms with Crippen LogP contribution < -0.4 is 16.0 Å². The Morgan fingerprint density at radius 3 is 2.50 bits per heavy atom. The average molecular weight is 347 g/mol. The monoisotopic (exact) mass is 347 g/mol. The molecule has 0 aliphatic heterocycles. The highest BCUT2D eigenvalue weighted by molar-refractivity contribution is 7.10. The van der Waals surface area contributed by atoms with Gasteiger partial charge in [-0.1, -0.05) is 19.1 Å². The minimum Gasteiger partial charge on any atom is -0.550 e. The second kappa shape index (κ2) is 6.39. The van der Waals surface area contributed by atoms with Crippen molar-refractivity contribution in [3.8, 4) is 0 Å². The Hall–Kier alpha value is -2.15. The van der Waals surface area contributed by atoms with Gasteiger partial charge in [-0.15, -0.1) is 11.3 Å². The van der Waals surface area contributed by atoms with Gasteiger partial charge in [0.25, 0.3) is 5.91 Å². The Kier molecular flexibility index (Phi) is 4.45. The van der Waals surface area contributed by atoms with Crippen LogP contribution in [-0.4, -0.2) is 17.8 Å². The maximum absolute atomic E-state index is 12.4. The summed E-state index contributed by atoms with van der Waals surface area (Å²) in [6.07, 6.45) is 5.10. The molecule has 0 radical (unpaired) electrons. The molecular weight excluding hydrogens is 328 g/mol. The Balaban J connectivity index is 1.66. The number of rotatable bonds is 4. The quantitative estimate of drug-likeness (QED) is 0.614. The van der Waals surface area contributed by atoms with Gasteiger partial charge < -0.3 is 9.90 Å². The van der Waals surface area contributed by atoms with Gasteiger partial charge >= 0.3 is 0 Å². The van der Waals surface area contributed by atoms with Crippen molar-refractivity contribution in [3.05, 3.63) is 33.5 Å². The van der Waals surface area contributed by atoms with Crippen molar-refractivity contribution in [1.29, 1.82) is 0 Å². The highest BCUT2D eigenvalue weighted by atomic mass is 32.1. The molecule has 1 aromatic rings. The van der Waals surface area contributed by atoms with Crippen molar-refractivity contribution in [3.63, 3.8) is 0 Å². The Labute approximate surface area is 143 Å². The molecule has 1 aromatic heterocycles. The molecule has 0 spiro atoms. The molecule has 0 unspecified atom stereocenters. The lowest BCUT2D eigenvalue weighted by molar-refractivity contribution is -0.313. The molecule has 4 atom stereocenters. The summed E-state index contributed by atoms with van der Waals surface area (Å²) < 4.78 is 0. The molecule has 3 rings (SSSR count). The summed E-state index contributed by atoms with van der Waals surface area (Å²) in [7, 11) is 0. The zero-order valence-electron chi connectivity index (χ0n) is 13.5. The van der Waals surface area contributed by atoms with Gasteiger partial charge in [-0.3, -0.25) is 20.4 Å². The summed E-state index contributed by atoms with van der Waals surface area (Å²) in [5, 5.41) is 13.1. The molecule has 6 nitrogen and oxygen atoms in total. The van der Waals surface area contributed by atoms with Gasteiger partial charge in [0.05, 0.1) is 11.5 Å². The van der Waals surface area contributed by atoms with E-state index in [1.54, 1.807) is 5.38 Å². The number of aliphatic carboxylic acids is 1. The number of hydrogen-bond acceptors (Lipinski definition) is 5. The molecule has 24 heavy (non-hydrogen) atoms. The molecule has 0 aromatic carbocycles. The molecular formula is C17H19N2O4S-. The van der Waals surface area contributed by atoms with Gasteiger partial charge in [0.1, 0.15) is 0 Å². The van der Waals surface area contributed by atoms with E-state index in [0.717, 1.165) is 16.9 Å². The number of thiophene rings is 1. The number of carboxylic acid groups (broad SMARTS) is 1. The molecule has 7 heteroatoms. The number of allylic oxidation sites excluding steroid dienone is 2. The molecule has 2 bridgehead atoms. The topological polar surface area (TPSA) is 98.3 Å². The van der Waals surface area contributed by atoms with Crippen LogP contribution in [0.25, 0.3) is 0 Å². The van der Waals surface area contributed by atoms with Crippen LogP contribution in [0.2, 0.25) is 0 Å². The highest BCUT2D eigenvalue weighted by Crippen LogP contribution is 2.47. The van der Waals surface area contributed by atoms with Crippen molar-refractivity contribution in [2.45, 2.75) is 26.7 Å². The van der Waals surface area contributed by atoms with Crippen molar-refractivity contribution < 1.29 is 19.5 Å². The maximum Gasteiger partial charge on any atom is 0.270 e. The van der Waals surface area contributed by atoms with E-state index in [9.17, 15) is 19.5 Å². The van der Waals surface area contributed by atoms with E-state index < -0.39 is 23.7 Å². The van der Waals surface area contributed by atoms with E-state index in [4.69, 9.17) is 0 Å². The van der Waals surface area contributed by atoms with Crippen molar-refractivity contribution in [1.82, 2.24) is 10.9 Å². The molecule has 128 valence electrons. The fourth-order valence-electron chi connectivity index (χ4n) is 3.88. The van der Waals surface area contributed by atoms with Gasteiger partial charge in [-0.25, -0.2) is 0 Å². The number of fused-ring (bicyclic) bond motifs is 2. The van der Waals surface area contributed by atoms with E-state index >= 15 is 0 Å². The highest BCUT2D eigenvalue weighted by Gasteiger charge is 2.48. The van der Waals surface area contributed by atoms with E-state index in [0.29, 0.717) is 12.0 Å². The van der Waals surface area contributed by atoms with Crippen LogP contribution in [0.15, 0.2) is 17.5 Å². The summed E-state index contributed by atoms with van der Waals surface area (Å²) in [6.45, 7) is 3.92. The Morgan fingerprint density at radius 2 is 1.88 bits per heavy atom. The van der Waals surface area contributed by atoms with Gasteiger partial charge in [0, 0.05) is 22.1 Å². The third kappa shape index (κ3) is 2.73. The molecule has 2 N–H and O–H groups in total. The average Bonchev–Trinajstić information content (AvgIpc) is 3.25. The minimum atomic E-state index is -1.21. The van der Waals surface area contributed by atoms with Gasteiger partial charge in [0.2, 0.25) is 5.91 Å². The first kappa shape index (κ1) is 16.7. The van der Waals surface area contributed by atoms with E-state index in [2.05, 4.69) is 10.9 Å². The van der Waals surface area contributed by atoms with Crippen molar-refractivity contribution in [2.24, 2.45) is 23.7 Å². The summed E-state index contributed by atoms with van der Waals surface area (Å²) in [4.78, 5) is 37.1. The SMILES string of the molecule is CCc1c(C(=O)NNC(=O)[C@H]2[C@@H](C(=O)[O-])[C@H]3C=C[C@H]2C3)csc1C. The zero-order chi connectivity index (χ0) is 17.4.